The summed E-state index contributed by atoms with van der Waals surface area (Å²) < 4.78 is 17.1. The van der Waals surface area contributed by atoms with E-state index in [1.807, 2.05) is 0 Å². The van der Waals surface area contributed by atoms with Crippen LogP contribution in [-0.4, -0.2) is 43.6 Å². The first-order valence-corrected chi connectivity index (χ1v) is 8.41. The van der Waals surface area contributed by atoms with Crippen LogP contribution >= 0.6 is 22.6 Å². The molecule has 1 saturated carbocycles. The Bertz CT molecular complexity index is 190. The molecular weight excluding hydrogens is 343 g/mol. The number of alkyl halides is 1. The molecule has 0 amide bonds. The van der Waals surface area contributed by atoms with Gasteiger partial charge in [-0.25, -0.2) is 0 Å². The van der Waals surface area contributed by atoms with Crippen molar-refractivity contribution in [3.8, 4) is 0 Å². The fourth-order valence-corrected chi connectivity index (χ4v) is 3.24. The molecule has 108 valence electrons. The van der Waals surface area contributed by atoms with Crippen LogP contribution in [0.5, 0.6) is 0 Å². The second-order valence-corrected chi connectivity index (χ2v) is 6.48. The first-order valence-electron chi connectivity index (χ1n) is 7.17. The lowest BCUT2D eigenvalue weighted by Crippen LogP contribution is -2.26. The van der Waals surface area contributed by atoms with Crippen molar-refractivity contribution in [2.75, 3.05) is 33.5 Å². The van der Waals surface area contributed by atoms with E-state index in [1.54, 1.807) is 7.11 Å². The summed E-state index contributed by atoms with van der Waals surface area (Å²) >= 11 is 2.57. The largest absolute Gasteiger partial charge is 0.382 e. The predicted octanol–water partition coefficient (Wildman–Crippen LogP) is 3.58. The van der Waals surface area contributed by atoms with E-state index in [0.717, 1.165) is 19.6 Å². The maximum absolute atomic E-state index is 6.02. The average Bonchev–Trinajstić information content (AvgIpc) is 2.36. The molecule has 0 aromatic carbocycles. The molecule has 0 aromatic heterocycles. The van der Waals surface area contributed by atoms with Crippen LogP contribution in [0, 0.1) is 0 Å². The van der Waals surface area contributed by atoms with Gasteiger partial charge in [0, 0.05) is 24.2 Å². The molecule has 0 saturated heterocycles. The molecule has 0 bridgehead atoms. The highest BCUT2D eigenvalue weighted by molar-refractivity contribution is 14.1. The summed E-state index contributed by atoms with van der Waals surface area (Å²) in [7, 11) is 1.70. The van der Waals surface area contributed by atoms with Crippen molar-refractivity contribution in [3.05, 3.63) is 0 Å². The van der Waals surface area contributed by atoms with E-state index in [-0.39, 0.29) is 0 Å². The van der Waals surface area contributed by atoms with Crippen molar-refractivity contribution < 1.29 is 14.2 Å². The zero-order chi connectivity index (χ0) is 13.1. The Morgan fingerprint density at radius 2 is 1.72 bits per heavy atom. The zero-order valence-electron chi connectivity index (χ0n) is 11.5. The highest BCUT2D eigenvalue weighted by Gasteiger charge is 2.20. The summed E-state index contributed by atoms with van der Waals surface area (Å²) in [5.74, 6) is 0. The highest BCUT2D eigenvalue weighted by Crippen LogP contribution is 2.25. The monoisotopic (exact) mass is 370 g/mol. The quantitative estimate of drug-likeness (QED) is 0.371. The summed E-state index contributed by atoms with van der Waals surface area (Å²) in [6, 6.07) is 0. The third-order valence-electron chi connectivity index (χ3n) is 3.32. The molecule has 4 heteroatoms. The van der Waals surface area contributed by atoms with Gasteiger partial charge in [-0.15, -0.1) is 0 Å². The molecule has 2 atom stereocenters. The molecule has 0 aromatic rings. The Balaban J connectivity index is 2.01. The average molecular weight is 370 g/mol. The maximum atomic E-state index is 6.02. The van der Waals surface area contributed by atoms with Crippen LogP contribution in [0.2, 0.25) is 0 Å². The minimum atomic E-state index is 0.463. The molecule has 0 N–H and O–H groups in total. The molecule has 3 nitrogen and oxygen atoms in total. The summed E-state index contributed by atoms with van der Waals surface area (Å²) in [6.45, 7) is 2.98. The molecule has 2 unspecified atom stereocenters. The molecular formula is C14H27IO3. The standard InChI is InChI=1S/C14H27IO3/c1-16-11-12-17-9-6-10-18-14-8-5-3-2-4-7-13(14)15/h13-14H,2-12H2,1H3. The minimum absolute atomic E-state index is 0.463. The minimum Gasteiger partial charge on any atom is -0.382 e. The molecule has 18 heavy (non-hydrogen) atoms. The SMILES string of the molecule is COCCOCCCOC1CCCCCCC1I. The van der Waals surface area contributed by atoms with Crippen molar-refractivity contribution in [1.29, 1.82) is 0 Å². The number of rotatable bonds is 8. The van der Waals surface area contributed by atoms with Crippen LogP contribution in [-0.2, 0) is 14.2 Å². The lowest BCUT2D eigenvalue weighted by molar-refractivity contribution is 0.0179. The summed E-state index contributed by atoms with van der Waals surface area (Å²) in [6.07, 6.45) is 9.48. The molecule has 0 radical (unpaired) electrons. The Morgan fingerprint density at radius 1 is 0.944 bits per heavy atom. The van der Waals surface area contributed by atoms with Crippen LogP contribution in [0.1, 0.15) is 44.9 Å². The van der Waals surface area contributed by atoms with E-state index in [0.29, 0.717) is 23.2 Å². The van der Waals surface area contributed by atoms with E-state index in [2.05, 4.69) is 22.6 Å². The van der Waals surface area contributed by atoms with Crippen LogP contribution < -0.4 is 0 Å². The van der Waals surface area contributed by atoms with E-state index in [1.165, 1.54) is 38.5 Å². The number of halogens is 1. The third kappa shape index (κ3) is 7.92. The molecule has 1 aliphatic carbocycles. The Morgan fingerprint density at radius 3 is 2.50 bits per heavy atom. The number of hydrogen-bond donors (Lipinski definition) is 0. The zero-order valence-corrected chi connectivity index (χ0v) is 13.7. The predicted molar refractivity (Wildman–Crippen MR) is 82.6 cm³/mol. The van der Waals surface area contributed by atoms with E-state index in [9.17, 15) is 0 Å². The maximum Gasteiger partial charge on any atom is 0.0700 e. The van der Waals surface area contributed by atoms with Gasteiger partial charge in [0.25, 0.3) is 0 Å². The van der Waals surface area contributed by atoms with Crippen LogP contribution in [0.15, 0.2) is 0 Å². The van der Waals surface area contributed by atoms with E-state index in [4.69, 9.17) is 14.2 Å². The second-order valence-electron chi connectivity index (χ2n) is 4.88. The number of hydrogen-bond acceptors (Lipinski definition) is 3. The summed E-state index contributed by atoms with van der Waals surface area (Å²) in [5, 5.41) is 0. The van der Waals surface area contributed by atoms with Gasteiger partial charge >= 0.3 is 0 Å². The normalized spacial score (nSPS) is 25.7. The second kappa shape index (κ2) is 11.4. The van der Waals surface area contributed by atoms with Crippen molar-refractivity contribution in [2.45, 2.75) is 55.0 Å². The summed E-state index contributed by atoms with van der Waals surface area (Å²) in [4.78, 5) is 0. The van der Waals surface area contributed by atoms with Gasteiger partial charge in [0.2, 0.25) is 0 Å². The first-order chi connectivity index (χ1) is 8.84. The molecule has 0 aliphatic heterocycles. The van der Waals surface area contributed by atoms with Crippen molar-refractivity contribution in [3.63, 3.8) is 0 Å². The third-order valence-corrected chi connectivity index (χ3v) is 4.74. The molecule has 0 heterocycles. The highest BCUT2D eigenvalue weighted by atomic mass is 127. The Kier molecular flexibility index (Phi) is 10.6. The molecule has 1 aliphatic rings. The van der Waals surface area contributed by atoms with Gasteiger partial charge < -0.3 is 14.2 Å². The smallest absolute Gasteiger partial charge is 0.0700 e. The number of ether oxygens (including phenoxy) is 3. The van der Waals surface area contributed by atoms with Crippen molar-refractivity contribution in [1.82, 2.24) is 0 Å². The van der Waals surface area contributed by atoms with Crippen molar-refractivity contribution in [2.24, 2.45) is 0 Å². The lowest BCUT2D eigenvalue weighted by atomic mass is 9.98. The van der Waals surface area contributed by atoms with Gasteiger partial charge in [0.1, 0.15) is 0 Å². The molecule has 0 spiro atoms. The fraction of sp³-hybridized carbons (Fsp3) is 1.00. The van der Waals surface area contributed by atoms with Gasteiger partial charge in [0.05, 0.1) is 19.3 Å². The van der Waals surface area contributed by atoms with Gasteiger partial charge in [0.15, 0.2) is 0 Å². The van der Waals surface area contributed by atoms with E-state index < -0.39 is 0 Å². The number of methoxy groups -OCH3 is 1. The van der Waals surface area contributed by atoms with Crippen LogP contribution in [0.4, 0.5) is 0 Å². The van der Waals surface area contributed by atoms with E-state index >= 15 is 0 Å². The molecule has 1 fully saturated rings. The van der Waals surface area contributed by atoms with Gasteiger partial charge in [-0.05, 0) is 19.3 Å². The Hall–Kier alpha value is 0.610. The van der Waals surface area contributed by atoms with Gasteiger partial charge in [-0.3, -0.25) is 0 Å². The first kappa shape index (κ1) is 16.7. The fourth-order valence-electron chi connectivity index (χ4n) is 2.23. The van der Waals surface area contributed by atoms with Gasteiger partial charge in [-0.1, -0.05) is 48.3 Å². The molecule has 1 rings (SSSR count). The van der Waals surface area contributed by atoms with Crippen molar-refractivity contribution >= 4 is 22.6 Å². The lowest BCUT2D eigenvalue weighted by Gasteiger charge is -2.25. The summed E-state index contributed by atoms with van der Waals surface area (Å²) in [5.41, 5.74) is 0. The van der Waals surface area contributed by atoms with Gasteiger partial charge in [-0.2, -0.15) is 0 Å². The topological polar surface area (TPSA) is 27.7 Å². The van der Waals surface area contributed by atoms with Crippen LogP contribution in [0.3, 0.4) is 0 Å². The van der Waals surface area contributed by atoms with Crippen LogP contribution in [0.25, 0.3) is 0 Å². The Labute approximate surface area is 125 Å².